The zero-order chi connectivity index (χ0) is 51.0. The Morgan fingerprint density at radius 3 is 1.47 bits per heavy atom. The van der Waals surface area contributed by atoms with Gasteiger partial charge in [0, 0.05) is 47.0 Å². The van der Waals surface area contributed by atoms with E-state index in [4.69, 9.17) is 0 Å². The molecule has 0 unspecified atom stereocenters. The Balaban J connectivity index is 0.976. The third-order valence-electron chi connectivity index (χ3n) is 17.3. The number of nitrogens with zero attached hydrogens (tertiary/aromatic N) is 1. The minimum Gasteiger partial charge on any atom is -0.310 e. The molecule has 3 aliphatic carbocycles. The average Bonchev–Trinajstić information content (AvgIpc) is 4.38. The van der Waals surface area contributed by atoms with Gasteiger partial charge in [-0.3, -0.25) is 0 Å². The van der Waals surface area contributed by atoms with Crippen molar-refractivity contribution in [3.05, 3.63) is 316 Å². The summed E-state index contributed by atoms with van der Waals surface area (Å²) in [5, 5.41) is 2.56. The van der Waals surface area contributed by atoms with Crippen molar-refractivity contribution in [3.8, 4) is 54.3 Å². The number of benzene rings is 11. The summed E-state index contributed by atoms with van der Waals surface area (Å²) in [5.74, 6) is 0. The van der Waals surface area contributed by atoms with Crippen molar-refractivity contribution in [2.45, 2.75) is 24.7 Å². The molecule has 0 amide bonds. The highest BCUT2D eigenvalue weighted by Crippen LogP contribution is 2.68. The van der Waals surface area contributed by atoms with E-state index in [1.54, 1.807) is 0 Å². The van der Waals surface area contributed by atoms with Gasteiger partial charge in [-0.1, -0.05) is 212 Å². The molecule has 13 aromatic rings. The lowest BCUT2D eigenvalue weighted by Gasteiger charge is -2.49. The highest BCUT2D eigenvalue weighted by Gasteiger charge is 2.59. The van der Waals surface area contributed by atoms with Crippen LogP contribution in [0.2, 0.25) is 0 Å². The first kappa shape index (κ1) is 44.4. The lowest BCUT2D eigenvalue weighted by molar-refractivity contribution is 0.633. The largest absolute Gasteiger partial charge is 0.310 e. The van der Waals surface area contributed by atoms with Gasteiger partial charge in [0.1, 0.15) is 0 Å². The molecule has 0 saturated carbocycles. The number of hydrogen-bond donors (Lipinski definition) is 0. The van der Waals surface area contributed by atoms with E-state index in [1.807, 2.05) is 22.7 Å². The Morgan fingerprint density at radius 2 is 0.818 bits per heavy atom. The number of anilines is 3. The molecule has 0 bridgehead atoms. The second kappa shape index (κ2) is 16.8. The fourth-order valence-corrected chi connectivity index (χ4v) is 16.4. The van der Waals surface area contributed by atoms with E-state index in [0.717, 1.165) is 17.1 Å². The standard InChI is InChI=1S/C74H49NS2/c1-46-41-50-44-70(76-69(50)42-47(46)2)57-28-9-18-37-67(57)75(51-24-20-23-49(43-51)71-58-29-10-19-38-68(58)77-72(71)48-21-4-3-5-22-48)52-39-40-56-55-27-8-13-32-61(55)74(66(56)45-52)64-35-16-14-33-62(64)73(63-34-15-17-36-65(63)74)59-30-11-6-25-53(59)54-26-7-12-31-60(54)73/h3-45H,1-2H3. The average molecular weight is 1020 g/mol. The molecule has 0 radical (unpaired) electrons. The molecule has 2 heterocycles. The van der Waals surface area contributed by atoms with Gasteiger partial charge in [-0.2, -0.15) is 0 Å². The van der Waals surface area contributed by atoms with Crippen molar-refractivity contribution in [1.82, 2.24) is 0 Å². The van der Waals surface area contributed by atoms with Crippen LogP contribution >= 0.6 is 22.7 Å². The van der Waals surface area contributed by atoms with Crippen molar-refractivity contribution in [3.63, 3.8) is 0 Å². The molecule has 2 aromatic heterocycles. The summed E-state index contributed by atoms with van der Waals surface area (Å²) in [7, 11) is 0. The summed E-state index contributed by atoms with van der Waals surface area (Å²) < 4.78 is 2.59. The lowest BCUT2D eigenvalue weighted by atomic mass is 9.52. The Hall–Kier alpha value is -8.86. The van der Waals surface area contributed by atoms with Crippen molar-refractivity contribution in [2.75, 3.05) is 4.90 Å². The molecule has 362 valence electrons. The highest BCUT2D eigenvalue weighted by molar-refractivity contribution is 7.23. The summed E-state index contributed by atoms with van der Waals surface area (Å²) in [6.45, 7) is 4.45. The maximum Gasteiger partial charge on any atom is 0.0720 e. The van der Waals surface area contributed by atoms with Gasteiger partial charge in [-0.25, -0.2) is 0 Å². The van der Waals surface area contributed by atoms with Crippen LogP contribution in [-0.4, -0.2) is 0 Å². The number of para-hydroxylation sites is 1. The normalized spacial score (nSPS) is 13.8. The molecule has 0 N–H and O–H groups in total. The van der Waals surface area contributed by atoms with Crippen LogP contribution in [-0.2, 0) is 10.8 Å². The molecule has 3 aliphatic rings. The Morgan fingerprint density at radius 1 is 0.325 bits per heavy atom. The number of rotatable bonds is 6. The van der Waals surface area contributed by atoms with E-state index in [2.05, 4.69) is 280 Å². The number of fused-ring (bicyclic) bond motifs is 18. The molecule has 16 rings (SSSR count). The minimum absolute atomic E-state index is 0.516. The monoisotopic (exact) mass is 1020 g/mol. The number of thiophene rings is 2. The topological polar surface area (TPSA) is 3.24 Å². The molecule has 2 spiro atoms. The summed E-state index contributed by atoms with van der Waals surface area (Å²) in [5.41, 5.74) is 25.5. The first-order valence-electron chi connectivity index (χ1n) is 26.7. The summed E-state index contributed by atoms with van der Waals surface area (Å²) in [6.07, 6.45) is 0. The van der Waals surface area contributed by atoms with Crippen LogP contribution in [0.25, 0.3) is 74.4 Å². The van der Waals surface area contributed by atoms with E-state index >= 15 is 0 Å². The fourth-order valence-electron chi connectivity index (χ4n) is 14.0. The van der Waals surface area contributed by atoms with Crippen LogP contribution in [0, 0.1) is 13.8 Å². The van der Waals surface area contributed by atoms with Crippen molar-refractivity contribution >= 4 is 59.9 Å². The van der Waals surface area contributed by atoms with Gasteiger partial charge in [-0.05, 0) is 157 Å². The van der Waals surface area contributed by atoms with Crippen LogP contribution < -0.4 is 4.90 Å². The van der Waals surface area contributed by atoms with Gasteiger partial charge in [0.05, 0.1) is 16.5 Å². The van der Waals surface area contributed by atoms with E-state index in [1.165, 1.54) is 130 Å². The third kappa shape index (κ3) is 6.16. The summed E-state index contributed by atoms with van der Waals surface area (Å²) >= 11 is 3.76. The van der Waals surface area contributed by atoms with Crippen LogP contribution in [0.15, 0.2) is 261 Å². The summed E-state index contributed by atoms with van der Waals surface area (Å²) in [6, 6.07) is 99.2. The zero-order valence-electron chi connectivity index (χ0n) is 42.6. The maximum absolute atomic E-state index is 2.56. The van der Waals surface area contributed by atoms with Crippen molar-refractivity contribution < 1.29 is 0 Å². The van der Waals surface area contributed by atoms with Crippen LogP contribution in [0.4, 0.5) is 17.1 Å². The molecular formula is C74H49NS2. The molecule has 0 fully saturated rings. The zero-order valence-corrected chi connectivity index (χ0v) is 44.2. The summed E-state index contributed by atoms with van der Waals surface area (Å²) in [4.78, 5) is 5.09. The number of aryl methyl sites for hydroxylation is 2. The first-order chi connectivity index (χ1) is 38.0. The Bertz CT molecular complexity index is 4440. The minimum atomic E-state index is -0.638. The van der Waals surface area contributed by atoms with Crippen LogP contribution in [0.1, 0.15) is 55.6 Å². The van der Waals surface area contributed by atoms with Gasteiger partial charge in [-0.15, -0.1) is 22.7 Å². The van der Waals surface area contributed by atoms with Crippen molar-refractivity contribution in [1.29, 1.82) is 0 Å². The quantitative estimate of drug-likeness (QED) is 0.160. The smallest absolute Gasteiger partial charge is 0.0720 e. The molecule has 11 aromatic carbocycles. The molecule has 0 saturated heterocycles. The van der Waals surface area contributed by atoms with Gasteiger partial charge in [0.25, 0.3) is 0 Å². The second-order valence-corrected chi connectivity index (χ2v) is 23.2. The van der Waals surface area contributed by atoms with Crippen LogP contribution in [0.5, 0.6) is 0 Å². The second-order valence-electron chi connectivity index (χ2n) is 21.1. The van der Waals surface area contributed by atoms with Gasteiger partial charge < -0.3 is 4.90 Å². The molecular weight excluding hydrogens is 967 g/mol. The van der Waals surface area contributed by atoms with E-state index in [0.29, 0.717) is 0 Å². The predicted molar refractivity (Wildman–Crippen MR) is 326 cm³/mol. The highest BCUT2D eigenvalue weighted by atomic mass is 32.1. The molecule has 1 nitrogen and oxygen atoms in total. The maximum atomic E-state index is 2.56. The molecule has 0 atom stereocenters. The first-order valence-corrected chi connectivity index (χ1v) is 28.4. The Kier molecular flexibility index (Phi) is 9.71. The molecule has 3 heteroatoms. The fraction of sp³-hybridized carbons (Fsp3) is 0.0541. The lowest BCUT2D eigenvalue weighted by Crippen LogP contribution is -2.43. The molecule has 77 heavy (non-hydrogen) atoms. The predicted octanol–water partition coefficient (Wildman–Crippen LogP) is 20.2. The SMILES string of the molecule is Cc1cc2cc(-c3ccccc3N(c3cccc(-c4c(-c5ccccc5)sc5ccccc45)c3)c3ccc4c(c3)C3(c5ccccc5-4)c4ccccc4C4(c5ccccc5-c5ccccc54)c4ccccc43)sc2cc1C. The van der Waals surface area contributed by atoms with Crippen molar-refractivity contribution in [2.24, 2.45) is 0 Å². The Labute approximate surface area is 457 Å². The number of hydrogen-bond acceptors (Lipinski definition) is 3. The van der Waals surface area contributed by atoms with Crippen LogP contribution in [0.3, 0.4) is 0 Å². The van der Waals surface area contributed by atoms with E-state index < -0.39 is 10.8 Å². The molecule has 0 aliphatic heterocycles. The van der Waals surface area contributed by atoms with Gasteiger partial charge in [0.15, 0.2) is 0 Å². The van der Waals surface area contributed by atoms with E-state index in [-0.39, 0.29) is 0 Å². The van der Waals surface area contributed by atoms with E-state index in [9.17, 15) is 0 Å². The third-order valence-corrected chi connectivity index (χ3v) is 19.6. The van der Waals surface area contributed by atoms with Gasteiger partial charge >= 0.3 is 0 Å². The van der Waals surface area contributed by atoms with Gasteiger partial charge in [0.2, 0.25) is 0 Å².